The second-order valence-corrected chi connectivity index (χ2v) is 3.65. The normalized spacial score (nSPS) is 10.2. The SMILES string of the molecule is CC(=O)Nc1ccnn1Cc1ccccc1F. The van der Waals surface area contributed by atoms with Gasteiger partial charge >= 0.3 is 0 Å². The average Bonchev–Trinajstić information content (AvgIpc) is 2.68. The summed E-state index contributed by atoms with van der Waals surface area (Å²) in [5, 5.41) is 6.67. The molecule has 4 nitrogen and oxygen atoms in total. The summed E-state index contributed by atoms with van der Waals surface area (Å²) in [4.78, 5) is 11.0. The molecule has 2 aromatic rings. The van der Waals surface area contributed by atoms with Gasteiger partial charge in [-0.25, -0.2) is 9.07 Å². The Labute approximate surface area is 98.1 Å². The number of aromatic nitrogens is 2. The Balaban J connectivity index is 2.22. The van der Waals surface area contributed by atoms with Gasteiger partial charge in [0.2, 0.25) is 5.91 Å². The van der Waals surface area contributed by atoms with Gasteiger partial charge in [-0.05, 0) is 6.07 Å². The molecular formula is C12H12FN3O. The molecule has 0 fully saturated rings. The van der Waals surface area contributed by atoms with E-state index in [4.69, 9.17) is 0 Å². The third kappa shape index (κ3) is 2.69. The zero-order valence-electron chi connectivity index (χ0n) is 9.35. The molecule has 0 unspecified atom stereocenters. The molecular weight excluding hydrogens is 221 g/mol. The van der Waals surface area contributed by atoms with Gasteiger partial charge in [-0.1, -0.05) is 18.2 Å². The molecule has 2 rings (SSSR count). The zero-order chi connectivity index (χ0) is 12.3. The first-order chi connectivity index (χ1) is 8.16. The summed E-state index contributed by atoms with van der Waals surface area (Å²) in [6.45, 7) is 1.70. The van der Waals surface area contributed by atoms with Crippen LogP contribution in [-0.2, 0) is 11.3 Å². The summed E-state index contributed by atoms with van der Waals surface area (Å²) < 4.78 is 15.0. The van der Waals surface area contributed by atoms with Crippen molar-refractivity contribution in [3.8, 4) is 0 Å². The van der Waals surface area contributed by atoms with Gasteiger partial charge < -0.3 is 5.32 Å². The monoisotopic (exact) mass is 233 g/mol. The Kier molecular flexibility index (Phi) is 3.18. The molecule has 0 aliphatic rings. The lowest BCUT2D eigenvalue weighted by atomic mass is 10.2. The maximum absolute atomic E-state index is 13.4. The van der Waals surface area contributed by atoms with E-state index >= 15 is 0 Å². The number of benzene rings is 1. The van der Waals surface area contributed by atoms with E-state index in [0.717, 1.165) is 0 Å². The Morgan fingerprint density at radius 3 is 2.88 bits per heavy atom. The molecule has 0 saturated carbocycles. The number of anilines is 1. The molecule has 1 amide bonds. The lowest BCUT2D eigenvalue weighted by molar-refractivity contribution is -0.114. The highest BCUT2D eigenvalue weighted by Gasteiger charge is 2.07. The highest BCUT2D eigenvalue weighted by molar-refractivity contribution is 5.87. The summed E-state index contributed by atoms with van der Waals surface area (Å²) in [5.74, 6) is 0.0952. The van der Waals surface area contributed by atoms with Crippen molar-refractivity contribution in [3.05, 3.63) is 47.9 Å². The molecule has 5 heteroatoms. The molecule has 0 aliphatic heterocycles. The van der Waals surface area contributed by atoms with Crippen molar-refractivity contribution in [1.29, 1.82) is 0 Å². The maximum Gasteiger partial charge on any atom is 0.222 e. The number of carbonyl (C=O) groups excluding carboxylic acids is 1. The Morgan fingerprint density at radius 2 is 2.18 bits per heavy atom. The van der Waals surface area contributed by atoms with Gasteiger partial charge in [-0.2, -0.15) is 5.10 Å². The van der Waals surface area contributed by atoms with Crippen LogP contribution < -0.4 is 5.32 Å². The lowest BCUT2D eigenvalue weighted by Crippen LogP contribution is -2.13. The molecule has 0 radical (unpaired) electrons. The summed E-state index contributed by atoms with van der Waals surface area (Å²) in [6, 6.07) is 8.16. The van der Waals surface area contributed by atoms with E-state index in [1.165, 1.54) is 13.0 Å². The number of nitrogens with zero attached hydrogens (tertiary/aromatic N) is 2. The van der Waals surface area contributed by atoms with Crippen molar-refractivity contribution in [3.63, 3.8) is 0 Å². The molecule has 0 spiro atoms. The van der Waals surface area contributed by atoms with Crippen LogP contribution >= 0.6 is 0 Å². The highest BCUT2D eigenvalue weighted by atomic mass is 19.1. The average molecular weight is 233 g/mol. The van der Waals surface area contributed by atoms with E-state index in [-0.39, 0.29) is 18.3 Å². The van der Waals surface area contributed by atoms with E-state index in [2.05, 4.69) is 10.4 Å². The molecule has 1 aromatic carbocycles. The Morgan fingerprint density at radius 1 is 1.41 bits per heavy atom. The van der Waals surface area contributed by atoms with Crippen molar-refractivity contribution >= 4 is 11.7 Å². The minimum atomic E-state index is -0.281. The van der Waals surface area contributed by atoms with E-state index in [0.29, 0.717) is 11.4 Å². The molecule has 0 atom stereocenters. The van der Waals surface area contributed by atoms with Crippen molar-refractivity contribution in [2.45, 2.75) is 13.5 Å². The van der Waals surface area contributed by atoms with Gasteiger partial charge in [-0.3, -0.25) is 4.79 Å². The predicted octanol–water partition coefficient (Wildman–Crippen LogP) is 2.03. The van der Waals surface area contributed by atoms with E-state index in [9.17, 15) is 9.18 Å². The topological polar surface area (TPSA) is 46.9 Å². The second-order valence-electron chi connectivity index (χ2n) is 3.65. The van der Waals surface area contributed by atoms with Crippen LogP contribution in [0.5, 0.6) is 0 Å². The molecule has 17 heavy (non-hydrogen) atoms. The molecule has 88 valence electrons. The molecule has 0 saturated heterocycles. The zero-order valence-corrected chi connectivity index (χ0v) is 9.35. The van der Waals surface area contributed by atoms with Crippen LogP contribution in [0.25, 0.3) is 0 Å². The molecule has 1 N–H and O–H groups in total. The van der Waals surface area contributed by atoms with Crippen LogP contribution in [0.4, 0.5) is 10.2 Å². The van der Waals surface area contributed by atoms with E-state index in [1.54, 1.807) is 35.1 Å². The summed E-state index contributed by atoms with van der Waals surface area (Å²) in [6.07, 6.45) is 1.56. The number of rotatable bonds is 3. The number of nitrogens with one attached hydrogen (secondary N) is 1. The molecule has 0 bridgehead atoms. The molecule has 1 heterocycles. The number of amides is 1. The Bertz CT molecular complexity index is 536. The quantitative estimate of drug-likeness (QED) is 0.881. The van der Waals surface area contributed by atoms with Crippen molar-refractivity contribution in [2.24, 2.45) is 0 Å². The number of carbonyl (C=O) groups is 1. The third-order valence-electron chi connectivity index (χ3n) is 2.30. The third-order valence-corrected chi connectivity index (χ3v) is 2.30. The molecule has 1 aromatic heterocycles. The minimum Gasteiger partial charge on any atom is -0.311 e. The van der Waals surface area contributed by atoms with Crippen molar-refractivity contribution < 1.29 is 9.18 Å². The maximum atomic E-state index is 13.4. The van der Waals surface area contributed by atoms with Crippen molar-refractivity contribution in [2.75, 3.05) is 5.32 Å². The van der Waals surface area contributed by atoms with E-state index in [1.807, 2.05) is 0 Å². The summed E-state index contributed by atoms with van der Waals surface area (Å²) in [5.41, 5.74) is 0.530. The van der Waals surface area contributed by atoms with Crippen LogP contribution in [0.3, 0.4) is 0 Å². The summed E-state index contributed by atoms with van der Waals surface area (Å²) >= 11 is 0. The minimum absolute atomic E-state index is 0.180. The Hall–Kier alpha value is -2.17. The largest absolute Gasteiger partial charge is 0.311 e. The first kappa shape index (κ1) is 11.3. The van der Waals surface area contributed by atoms with Crippen LogP contribution in [0.15, 0.2) is 36.5 Å². The smallest absolute Gasteiger partial charge is 0.222 e. The fourth-order valence-electron chi connectivity index (χ4n) is 1.53. The van der Waals surface area contributed by atoms with Crippen LogP contribution in [-0.4, -0.2) is 15.7 Å². The molecule has 0 aliphatic carbocycles. The number of halogens is 1. The van der Waals surface area contributed by atoms with Crippen LogP contribution in [0.1, 0.15) is 12.5 Å². The fraction of sp³-hybridized carbons (Fsp3) is 0.167. The second kappa shape index (κ2) is 4.78. The predicted molar refractivity (Wildman–Crippen MR) is 62.0 cm³/mol. The number of hydrogen-bond acceptors (Lipinski definition) is 2. The van der Waals surface area contributed by atoms with Crippen molar-refractivity contribution in [1.82, 2.24) is 9.78 Å². The van der Waals surface area contributed by atoms with Gasteiger partial charge in [-0.15, -0.1) is 0 Å². The van der Waals surface area contributed by atoms with Gasteiger partial charge in [0.15, 0.2) is 0 Å². The van der Waals surface area contributed by atoms with Gasteiger partial charge in [0.1, 0.15) is 11.6 Å². The summed E-state index contributed by atoms with van der Waals surface area (Å²) in [7, 11) is 0. The number of hydrogen-bond donors (Lipinski definition) is 1. The van der Waals surface area contributed by atoms with Crippen LogP contribution in [0, 0.1) is 5.82 Å². The standard InChI is InChI=1S/C12H12FN3O/c1-9(17)15-12-6-7-14-16(12)8-10-4-2-3-5-11(10)13/h2-7H,8H2,1H3,(H,15,17). The first-order valence-electron chi connectivity index (χ1n) is 5.19. The van der Waals surface area contributed by atoms with Crippen LogP contribution in [0.2, 0.25) is 0 Å². The van der Waals surface area contributed by atoms with E-state index < -0.39 is 0 Å². The highest BCUT2D eigenvalue weighted by Crippen LogP contribution is 2.12. The lowest BCUT2D eigenvalue weighted by Gasteiger charge is -2.08. The van der Waals surface area contributed by atoms with Gasteiger partial charge in [0, 0.05) is 18.6 Å². The first-order valence-corrected chi connectivity index (χ1v) is 5.19. The van der Waals surface area contributed by atoms with Gasteiger partial charge in [0.05, 0.1) is 12.7 Å². The fourth-order valence-corrected chi connectivity index (χ4v) is 1.53. The van der Waals surface area contributed by atoms with Gasteiger partial charge in [0.25, 0.3) is 0 Å².